The lowest BCUT2D eigenvalue weighted by Gasteiger charge is -2.06. The molecule has 2 aromatic rings. The monoisotopic (exact) mass is 264 g/mol. The van der Waals surface area contributed by atoms with Crippen molar-refractivity contribution in [3.63, 3.8) is 0 Å². The van der Waals surface area contributed by atoms with Crippen LogP contribution in [-0.4, -0.2) is 20.7 Å². The van der Waals surface area contributed by atoms with E-state index in [0.717, 1.165) is 29.2 Å². The molecule has 6 heteroatoms. The Morgan fingerprint density at radius 3 is 3.06 bits per heavy atom. The summed E-state index contributed by atoms with van der Waals surface area (Å²) in [4.78, 5) is 11.8. The van der Waals surface area contributed by atoms with Gasteiger partial charge in [-0.3, -0.25) is 4.79 Å². The SMILES string of the molecule is CCCNc1snnc1Cn1ccc(C)cc1=O. The summed E-state index contributed by atoms with van der Waals surface area (Å²) in [5.74, 6) is 0. The second-order valence-corrected chi connectivity index (χ2v) is 4.90. The Kier molecular flexibility index (Phi) is 4.09. The van der Waals surface area contributed by atoms with E-state index < -0.39 is 0 Å². The molecule has 0 saturated heterocycles. The molecule has 0 aromatic carbocycles. The molecule has 0 aliphatic heterocycles. The fourth-order valence-corrected chi connectivity index (χ4v) is 2.18. The standard InChI is InChI=1S/C12H16N4OS/c1-3-5-13-12-10(14-15-18-12)8-16-6-4-9(2)7-11(16)17/h4,6-7,13H,3,5,8H2,1-2H3. The van der Waals surface area contributed by atoms with Crippen LogP contribution in [0.3, 0.4) is 0 Å². The molecule has 1 N–H and O–H groups in total. The minimum atomic E-state index is -0.00978. The molecule has 0 spiro atoms. The third kappa shape index (κ3) is 2.95. The smallest absolute Gasteiger partial charge is 0.251 e. The molecule has 18 heavy (non-hydrogen) atoms. The highest BCUT2D eigenvalue weighted by atomic mass is 32.1. The molecule has 0 amide bonds. The highest BCUT2D eigenvalue weighted by Crippen LogP contribution is 2.18. The number of anilines is 1. The van der Waals surface area contributed by atoms with Crippen LogP contribution >= 0.6 is 11.5 Å². The number of hydrogen-bond donors (Lipinski definition) is 1. The Morgan fingerprint density at radius 2 is 2.33 bits per heavy atom. The second-order valence-electron chi connectivity index (χ2n) is 4.15. The molecule has 96 valence electrons. The molecule has 0 saturated carbocycles. The Hall–Kier alpha value is -1.69. The molecule has 0 atom stereocenters. The zero-order chi connectivity index (χ0) is 13.0. The number of nitrogens with one attached hydrogen (secondary N) is 1. The fraction of sp³-hybridized carbons (Fsp3) is 0.417. The first-order chi connectivity index (χ1) is 8.70. The van der Waals surface area contributed by atoms with Gasteiger partial charge in [0.05, 0.1) is 6.54 Å². The van der Waals surface area contributed by atoms with E-state index in [-0.39, 0.29) is 5.56 Å². The number of aryl methyl sites for hydroxylation is 1. The molecular formula is C12H16N4OS. The van der Waals surface area contributed by atoms with Crippen molar-refractivity contribution < 1.29 is 0 Å². The fourth-order valence-electron chi connectivity index (χ4n) is 1.58. The van der Waals surface area contributed by atoms with Gasteiger partial charge in [-0.05, 0) is 25.0 Å². The maximum atomic E-state index is 11.8. The van der Waals surface area contributed by atoms with Gasteiger partial charge in [-0.2, -0.15) is 0 Å². The second kappa shape index (κ2) is 5.77. The third-order valence-corrected chi connectivity index (χ3v) is 3.29. The first kappa shape index (κ1) is 12.8. The summed E-state index contributed by atoms with van der Waals surface area (Å²) in [5.41, 5.74) is 1.78. The number of aromatic nitrogens is 3. The molecule has 0 aliphatic carbocycles. The van der Waals surface area contributed by atoms with E-state index in [1.54, 1.807) is 16.8 Å². The van der Waals surface area contributed by atoms with Crippen LogP contribution in [0, 0.1) is 6.92 Å². The molecule has 0 fully saturated rings. The van der Waals surface area contributed by atoms with Crippen LogP contribution in [0.2, 0.25) is 0 Å². The average Bonchev–Trinajstić information content (AvgIpc) is 2.77. The lowest BCUT2D eigenvalue weighted by molar-refractivity contribution is 0.734. The number of rotatable bonds is 5. The molecule has 0 bridgehead atoms. The molecule has 2 heterocycles. The molecule has 2 rings (SSSR count). The van der Waals surface area contributed by atoms with Gasteiger partial charge in [-0.25, -0.2) is 0 Å². The van der Waals surface area contributed by atoms with E-state index >= 15 is 0 Å². The van der Waals surface area contributed by atoms with Gasteiger partial charge in [0.15, 0.2) is 0 Å². The van der Waals surface area contributed by atoms with Crippen molar-refractivity contribution in [2.45, 2.75) is 26.8 Å². The van der Waals surface area contributed by atoms with Crippen LogP contribution in [0.1, 0.15) is 24.6 Å². The first-order valence-corrected chi connectivity index (χ1v) is 6.70. The number of pyridine rings is 1. The zero-order valence-electron chi connectivity index (χ0n) is 10.5. The molecule has 0 aliphatic rings. The van der Waals surface area contributed by atoms with Crippen molar-refractivity contribution in [2.75, 3.05) is 11.9 Å². The summed E-state index contributed by atoms with van der Waals surface area (Å²) in [6, 6.07) is 3.54. The van der Waals surface area contributed by atoms with Gasteiger partial charge in [0, 0.05) is 30.3 Å². The lowest BCUT2D eigenvalue weighted by Crippen LogP contribution is -2.20. The summed E-state index contributed by atoms with van der Waals surface area (Å²) in [6.45, 7) is 5.36. The minimum Gasteiger partial charge on any atom is -0.374 e. The van der Waals surface area contributed by atoms with Gasteiger partial charge in [-0.1, -0.05) is 11.4 Å². The van der Waals surface area contributed by atoms with Gasteiger partial charge in [0.1, 0.15) is 10.7 Å². The van der Waals surface area contributed by atoms with E-state index in [2.05, 4.69) is 21.8 Å². The van der Waals surface area contributed by atoms with Crippen molar-refractivity contribution >= 4 is 16.5 Å². The van der Waals surface area contributed by atoms with Gasteiger partial charge in [0.25, 0.3) is 5.56 Å². The largest absolute Gasteiger partial charge is 0.374 e. The van der Waals surface area contributed by atoms with Crippen LogP contribution in [-0.2, 0) is 6.54 Å². The Labute approximate surface area is 110 Å². The lowest BCUT2D eigenvalue weighted by atomic mass is 10.3. The van der Waals surface area contributed by atoms with Crippen molar-refractivity contribution in [3.8, 4) is 0 Å². The van der Waals surface area contributed by atoms with Gasteiger partial charge in [-0.15, -0.1) is 5.10 Å². The van der Waals surface area contributed by atoms with E-state index in [1.807, 2.05) is 13.0 Å². The van der Waals surface area contributed by atoms with Crippen molar-refractivity contribution in [3.05, 3.63) is 39.9 Å². The van der Waals surface area contributed by atoms with Crippen LogP contribution < -0.4 is 10.9 Å². The topological polar surface area (TPSA) is 59.8 Å². The van der Waals surface area contributed by atoms with Crippen LogP contribution in [0.4, 0.5) is 5.00 Å². The predicted molar refractivity (Wildman–Crippen MR) is 73.2 cm³/mol. The molecule has 0 radical (unpaired) electrons. The third-order valence-electron chi connectivity index (χ3n) is 2.56. The summed E-state index contributed by atoms with van der Waals surface area (Å²) in [6.07, 6.45) is 2.84. The zero-order valence-corrected chi connectivity index (χ0v) is 11.3. The predicted octanol–water partition coefficient (Wildman–Crippen LogP) is 1.88. The quantitative estimate of drug-likeness (QED) is 0.895. The normalized spacial score (nSPS) is 10.6. The maximum absolute atomic E-state index is 11.8. The molecular weight excluding hydrogens is 248 g/mol. The Bertz CT molecular complexity index is 575. The average molecular weight is 264 g/mol. The summed E-state index contributed by atoms with van der Waals surface area (Å²) in [5, 5.41) is 8.29. The van der Waals surface area contributed by atoms with Crippen molar-refractivity contribution in [1.82, 2.24) is 14.2 Å². The number of hydrogen-bond acceptors (Lipinski definition) is 5. The Balaban J connectivity index is 2.18. The molecule has 2 aromatic heterocycles. The molecule has 0 unspecified atom stereocenters. The highest BCUT2D eigenvalue weighted by Gasteiger charge is 2.08. The summed E-state index contributed by atoms with van der Waals surface area (Å²) >= 11 is 1.33. The summed E-state index contributed by atoms with van der Waals surface area (Å²) < 4.78 is 5.57. The van der Waals surface area contributed by atoms with E-state index in [1.165, 1.54) is 11.5 Å². The van der Waals surface area contributed by atoms with Crippen molar-refractivity contribution in [2.24, 2.45) is 0 Å². The minimum absolute atomic E-state index is 0.00978. The van der Waals surface area contributed by atoms with Gasteiger partial charge < -0.3 is 9.88 Å². The maximum Gasteiger partial charge on any atom is 0.251 e. The van der Waals surface area contributed by atoms with Crippen LogP contribution in [0.5, 0.6) is 0 Å². The van der Waals surface area contributed by atoms with Crippen LogP contribution in [0.15, 0.2) is 23.1 Å². The molecule has 5 nitrogen and oxygen atoms in total. The van der Waals surface area contributed by atoms with Crippen molar-refractivity contribution in [1.29, 1.82) is 0 Å². The van der Waals surface area contributed by atoms with Crippen LogP contribution in [0.25, 0.3) is 0 Å². The first-order valence-electron chi connectivity index (χ1n) is 5.93. The van der Waals surface area contributed by atoms with E-state index in [0.29, 0.717) is 6.54 Å². The van der Waals surface area contributed by atoms with Gasteiger partial charge >= 0.3 is 0 Å². The Morgan fingerprint density at radius 1 is 1.50 bits per heavy atom. The number of nitrogens with zero attached hydrogens (tertiary/aromatic N) is 3. The summed E-state index contributed by atoms with van der Waals surface area (Å²) in [7, 11) is 0. The van der Waals surface area contributed by atoms with E-state index in [9.17, 15) is 4.79 Å². The van der Waals surface area contributed by atoms with Gasteiger partial charge in [0.2, 0.25) is 0 Å². The highest BCUT2D eigenvalue weighted by molar-refractivity contribution is 7.10. The van der Waals surface area contributed by atoms with E-state index in [4.69, 9.17) is 0 Å².